The smallest absolute Gasteiger partial charge is 0.270 e. The highest BCUT2D eigenvalue weighted by Crippen LogP contribution is 2.33. The fourth-order valence-electron chi connectivity index (χ4n) is 4.81. The molecule has 3 aromatic carbocycles. The summed E-state index contributed by atoms with van der Waals surface area (Å²) in [6.07, 6.45) is 5.49. The second-order valence-electron chi connectivity index (χ2n) is 9.25. The number of imidazole rings is 1. The summed E-state index contributed by atoms with van der Waals surface area (Å²) in [6.45, 7) is 0. The van der Waals surface area contributed by atoms with Crippen LogP contribution >= 0.6 is 0 Å². The van der Waals surface area contributed by atoms with E-state index < -0.39 is 0 Å². The molecule has 1 aliphatic carbocycles. The summed E-state index contributed by atoms with van der Waals surface area (Å²) in [5, 5.41) is 9.20. The predicted octanol–water partition coefficient (Wildman–Crippen LogP) is 4.90. The molecule has 1 saturated carbocycles. The number of carbonyl (C=O) groups excluding carboxylic acids is 2. The normalized spacial score (nSPS) is 17.0. The van der Waals surface area contributed by atoms with Crippen molar-refractivity contribution in [3.05, 3.63) is 103 Å². The summed E-state index contributed by atoms with van der Waals surface area (Å²) in [5.74, 6) is 0.280. The highest BCUT2D eigenvalue weighted by Gasteiger charge is 2.32. The number of hydrogen-bond acceptors (Lipinski definition) is 4. The number of amides is 2. The highest BCUT2D eigenvalue weighted by molar-refractivity contribution is 5.96. The van der Waals surface area contributed by atoms with Crippen molar-refractivity contribution in [2.75, 3.05) is 5.32 Å². The van der Waals surface area contributed by atoms with Gasteiger partial charge in [0.15, 0.2) is 5.82 Å². The van der Waals surface area contributed by atoms with Crippen molar-refractivity contribution in [3.8, 4) is 0 Å². The Morgan fingerprint density at radius 1 is 0.889 bits per heavy atom. The van der Waals surface area contributed by atoms with Gasteiger partial charge in [0.2, 0.25) is 5.91 Å². The molecule has 178 valence electrons. The molecule has 0 unspecified atom stereocenters. The first-order valence-corrected chi connectivity index (χ1v) is 12.1. The van der Waals surface area contributed by atoms with Crippen molar-refractivity contribution >= 4 is 39.3 Å². The van der Waals surface area contributed by atoms with Crippen molar-refractivity contribution in [1.82, 2.24) is 19.9 Å². The van der Waals surface area contributed by atoms with E-state index in [2.05, 4.69) is 20.6 Å². The second kappa shape index (κ2) is 9.26. The molecule has 2 amide bonds. The van der Waals surface area contributed by atoms with E-state index in [0.717, 1.165) is 40.1 Å². The monoisotopic (exact) mass is 475 g/mol. The Morgan fingerprint density at radius 2 is 1.67 bits per heavy atom. The Hall–Kier alpha value is -4.52. The van der Waals surface area contributed by atoms with Crippen molar-refractivity contribution in [1.29, 1.82) is 0 Å². The van der Waals surface area contributed by atoms with Gasteiger partial charge in [-0.1, -0.05) is 66.7 Å². The minimum absolute atomic E-state index is 0.0857. The molecule has 0 bridgehead atoms. The van der Waals surface area contributed by atoms with Gasteiger partial charge in [-0.3, -0.25) is 9.59 Å². The number of aromatic nitrogens is 3. The lowest BCUT2D eigenvalue weighted by molar-refractivity contribution is -0.115. The Kier molecular flexibility index (Phi) is 5.65. The topological polar surface area (TPSA) is 88.9 Å². The van der Waals surface area contributed by atoms with Crippen molar-refractivity contribution < 1.29 is 9.59 Å². The van der Waals surface area contributed by atoms with E-state index in [9.17, 15) is 9.59 Å². The molecule has 6 rings (SSSR count). The predicted molar refractivity (Wildman–Crippen MR) is 140 cm³/mol. The van der Waals surface area contributed by atoms with Crippen LogP contribution < -0.4 is 10.6 Å². The average molecular weight is 476 g/mol. The van der Waals surface area contributed by atoms with E-state index in [0.29, 0.717) is 11.5 Å². The van der Waals surface area contributed by atoms with E-state index in [-0.39, 0.29) is 30.3 Å². The zero-order valence-corrected chi connectivity index (χ0v) is 19.6. The molecule has 0 radical (unpaired) electrons. The number of nitrogens with zero attached hydrogens (tertiary/aromatic N) is 3. The zero-order chi connectivity index (χ0) is 24.5. The summed E-state index contributed by atoms with van der Waals surface area (Å²) in [5.41, 5.74) is 2.23. The van der Waals surface area contributed by atoms with Gasteiger partial charge in [0.1, 0.15) is 5.69 Å². The van der Waals surface area contributed by atoms with Crippen molar-refractivity contribution in [2.24, 2.45) is 0 Å². The summed E-state index contributed by atoms with van der Waals surface area (Å²) < 4.78 is 2.00. The van der Waals surface area contributed by atoms with Gasteiger partial charge >= 0.3 is 0 Å². The summed E-state index contributed by atoms with van der Waals surface area (Å²) in [6, 6.07) is 25.8. The molecule has 36 heavy (non-hydrogen) atoms. The molecule has 0 atom stereocenters. The van der Waals surface area contributed by atoms with Crippen LogP contribution in [0.3, 0.4) is 0 Å². The first kappa shape index (κ1) is 22.0. The van der Waals surface area contributed by atoms with Gasteiger partial charge in [0, 0.05) is 23.7 Å². The number of hydrogen-bond donors (Lipinski definition) is 2. The lowest BCUT2D eigenvalue weighted by Crippen LogP contribution is -2.45. The standard InChI is InChI=1S/C29H25N5O2/c35-28(14-21-9-5-8-19-6-1-3-10-24(19)21)33-27-17-34(18-30-27)23-15-22(16-23)31-29(36)26-13-12-20-7-2-4-11-25(20)32-26/h1-13,17-18,22-23H,14-16H2,(H,31,36)(H,33,35). The van der Waals surface area contributed by atoms with Gasteiger partial charge in [-0.15, -0.1) is 0 Å². The highest BCUT2D eigenvalue weighted by atomic mass is 16.2. The zero-order valence-electron chi connectivity index (χ0n) is 19.6. The number of carbonyl (C=O) groups is 2. The fraction of sp³-hybridized carbons (Fsp3) is 0.172. The molecule has 5 aromatic rings. The number of anilines is 1. The van der Waals surface area contributed by atoms with Gasteiger partial charge < -0.3 is 15.2 Å². The fourth-order valence-corrected chi connectivity index (χ4v) is 4.81. The Balaban J connectivity index is 1.03. The minimum atomic E-state index is -0.156. The van der Waals surface area contributed by atoms with Gasteiger partial charge in [-0.05, 0) is 41.3 Å². The molecule has 0 aliphatic heterocycles. The lowest BCUT2D eigenvalue weighted by Gasteiger charge is -2.36. The number of rotatable bonds is 6. The Labute approximate surface area is 208 Å². The van der Waals surface area contributed by atoms with Gasteiger partial charge in [-0.25, -0.2) is 9.97 Å². The Morgan fingerprint density at radius 3 is 2.56 bits per heavy atom. The van der Waals surface area contributed by atoms with Crippen LogP contribution in [0, 0.1) is 0 Å². The van der Waals surface area contributed by atoms with Crippen molar-refractivity contribution in [2.45, 2.75) is 31.3 Å². The van der Waals surface area contributed by atoms with E-state index in [1.54, 1.807) is 12.4 Å². The quantitative estimate of drug-likeness (QED) is 0.366. The van der Waals surface area contributed by atoms with Crippen LogP contribution in [0.4, 0.5) is 5.82 Å². The maximum Gasteiger partial charge on any atom is 0.270 e. The first-order chi connectivity index (χ1) is 17.6. The molecule has 0 spiro atoms. The van der Waals surface area contributed by atoms with Crippen LogP contribution in [0.5, 0.6) is 0 Å². The molecular formula is C29H25N5O2. The summed E-state index contributed by atoms with van der Waals surface area (Å²) >= 11 is 0. The number of para-hydroxylation sites is 1. The number of nitrogens with one attached hydrogen (secondary N) is 2. The van der Waals surface area contributed by atoms with Crippen LogP contribution in [0.1, 0.15) is 34.9 Å². The molecule has 2 N–H and O–H groups in total. The number of benzene rings is 3. The number of fused-ring (bicyclic) bond motifs is 2. The lowest BCUT2D eigenvalue weighted by atomic mass is 9.86. The minimum Gasteiger partial charge on any atom is -0.348 e. The third-order valence-corrected chi connectivity index (χ3v) is 6.80. The van der Waals surface area contributed by atoms with Gasteiger partial charge in [0.25, 0.3) is 5.91 Å². The van der Waals surface area contributed by atoms with Gasteiger partial charge in [0.05, 0.1) is 18.3 Å². The molecule has 1 aliphatic rings. The van der Waals surface area contributed by atoms with Gasteiger partial charge in [-0.2, -0.15) is 0 Å². The molecular weight excluding hydrogens is 450 g/mol. The second-order valence-corrected chi connectivity index (χ2v) is 9.25. The maximum absolute atomic E-state index is 12.7. The van der Waals surface area contributed by atoms with E-state index >= 15 is 0 Å². The first-order valence-electron chi connectivity index (χ1n) is 12.1. The summed E-state index contributed by atoms with van der Waals surface area (Å²) in [4.78, 5) is 34.1. The van der Waals surface area contributed by atoms with Crippen LogP contribution in [0.25, 0.3) is 21.7 Å². The SMILES string of the molecule is O=C(Cc1cccc2ccccc12)Nc1cn(C2CC(NC(=O)c3ccc4ccccc4n3)C2)cn1. The molecule has 2 heterocycles. The molecule has 0 saturated heterocycles. The molecule has 2 aromatic heterocycles. The van der Waals surface area contributed by atoms with E-state index in [4.69, 9.17) is 0 Å². The third-order valence-electron chi connectivity index (χ3n) is 6.80. The van der Waals surface area contributed by atoms with Crippen molar-refractivity contribution in [3.63, 3.8) is 0 Å². The molecule has 7 heteroatoms. The Bertz CT molecular complexity index is 1580. The van der Waals surface area contributed by atoms with Crippen LogP contribution in [-0.2, 0) is 11.2 Å². The third kappa shape index (κ3) is 4.43. The summed E-state index contributed by atoms with van der Waals surface area (Å²) in [7, 11) is 0. The maximum atomic E-state index is 12.7. The largest absolute Gasteiger partial charge is 0.348 e. The molecule has 7 nitrogen and oxygen atoms in total. The van der Waals surface area contributed by atoms with Crippen LogP contribution in [0.2, 0.25) is 0 Å². The van der Waals surface area contributed by atoms with Crippen LogP contribution in [-0.4, -0.2) is 32.4 Å². The average Bonchev–Trinajstić information content (AvgIpc) is 3.33. The number of pyridine rings is 1. The van der Waals surface area contributed by atoms with E-state index in [1.165, 1.54) is 0 Å². The van der Waals surface area contributed by atoms with Crippen LogP contribution in [0.15, 0.2) is 91.4 Å². The van der Waals surface area contributed by atoms with E-state index in [1.807, 2.05) is 83.6 Å². The molecule has 1 fully saturated rings.